The smallest absolute Gasteiger partial charge is 0.128 e. The highest BCUT2D eigenvalue weighted by molar-refractivity contribution is 9.10. The second-order valence-electron chi connectivity index (χ2n) is 3.70. The first-order chi connectivity index (χ1) is 8.65. The van der Waals surface area contributed by atoms with E-state index in [4.69, 9.17) is 15.2 Å². The highest BCUT2D eigenvalue weighted by Gasteiger charge is 2.17. The fourth-order valence-corrected chi connectivity index (χ4v) is 2.01. The van der Waals surface area contributed by atoms with Crippen LogP contribution < -0.4 is 15.2 Å². The predicted molar refractivity (Wildman–Crippen MR) is 71.9 cm³/mol. The lowest BCUT2D eigenvalue weighted by Gasteiger charge is -2.15. The molecule has 0 aliphatic rings. The van der Waals surface area contributed by atoms with Gasteiger partial charge >= 0.3 is 0 Å². The molecule has 0 fully saturated rings. The average molecular weight is 312 g/mol. The van der Waals surface area contributed by atoms with Crippen molar-refractivity contribution in [2.45, 2.75) is 6.04 Å². The van der Waals surface area contributed by atoms with Crippen LogP contribution in [-0.4, -0.2) is 24.2 Å². The van der Waals surface area contributed by atoms with E-state index in [0.29, 0.717) is 11.6 Å². The van der Waals surface area contributed by atoms with Crippen molar-refractivity contribution in [1.82, 2.24) is 9.97 Å². The SMILES string of the molecule is COc1ccc(OC)c(C(N)c2ncc(Br)[nH]2)c1. The Hall–Kier alpha value is -1.53. The molecule has 18 heavy (non-hydrogen) atoms. The highest BCUT2D eigenvalue weighted by Crippen LogP contribution is 2.30. The third kappa shape index (κ3) is 2.49. The molecule has 1 atom stereocenters. The number of benzene rings is 1. The molecule has 0 saturated heterocycles. The third-order valence-corrected chi connectivity index (χ3v) is 3.03. The number of hydrogen-bond acceptors (Lipinski definition) is 4. The van der Waals surface area contributed by atoms with E-state index >= 15 is 0 Å². The largest absolute Gasteiger partial charge is 0.497 e. The molecular weight excluding hydrogens is 298 g/mol. The van der Waals surface area contributed by atoms with Gasteiger partial charge in [0.1, 0.15) is 21.9 Å². The molecule has 5 nitrogen and oxygen atoms in total. The molecule has 6 heteroatoms. The van der Waals surface area contributed by atoms with Crippen molar-refractivity contribution >= 4 is 15.9 Å². The van der Waals surface area contributed by atoms with Gasteiger partial charge in [0, 0.05) is 5.56 Å². The maximum Gasteiger partial charge on any atom is 0.128 e. The topological polar surface area (TPSA) is 73.2 Å². The number of imidazole rings is 1. The number of H-pyrrole nitrogens is 1. The molecule has 0 aliphatic heterocycles. The van der Waals surface area contributed by atoms with Gasteiger partial charge in [0.2, 0.25) is 0 Å². The molecule has 1 aromatic carbocycles. The molecule has 3 N–H and O–H groups in total. The van der Waals surface area contributed by atoms with E-state index in [2.05, 4.69) is 25.9 Å². The predicted octanol–water partition coefficient (Wildman–Crippen LogP) is 2.24. The van der Waals surface area contributed by atoms with Crippen molar-refractivity contribution in [3.05, 3.63) is 40.4 Å². The van der Waals surface area contributed by atoms with Gasteiger partial charge in [0.15, 0.2) is 0 Å². The molecule has 2 aromatic rings. The summed E-state index contributed by atoms with van der Waals surface area (Å²) in [6.07, 6.45) is 1.67. The Morgan fingerprint density at radius 2 is 2.11 bits per heavy atom. The van der Waals surface area contributed by atoms with Gasteiger partial charge in [-0.15, -0.1) is 0 Å². The van der Waals surface area contributed by atoms with Crippen molar-refractivity contribution in [1.29, 1.82) is 0 Å². The van der Waals surface area contributed by atoms with Crippen LogP contribution in [0, 0.1) is 0 Å². The zero-order valence-corrected chi connectivity index (χ0v) is 11.7. The van der Waals surface area contributed by atoms with Crippen molar-refractivity contribution in [2.75, 3.05) is 14.2 Å². The molecule has 0 bridgehead atoms. The summed E-state index contributed by atoms with van der Waals surface area (Å²) in [6, 6.07) is 5.10. The number of halogens is 1. The van der Waals surface area contributed by atoms with Gasteiger partial charge < -0.3 is 20.2 Å². The molecule has 2 rings (SSSR count). The van der Waals surface area contributed by atoms with Gasteiger partial charge in [-0.05, 0) is 34.1 Å². The molecule has 0 aliphatic carbocycles. The van der Waals surface area contributed by atoms with Crippen LogP contribution in [0.5, 0.6) is 11.5 Å². The summed E-state index contributed by atoms with van der Waals surface area (Å²) in [6.45, 7) is 0. The molecule has 0 spiro atoms. The van der Waals surface area contributed by atoms with E-state index < -0.39 is 6.04 Å². The maximum absolute atomic E-state index is 6.18. The minimum atomic E-state index is -0.402. The summed E-state index contributed by atoms with van der Waals surface area (Å²) >= 11 is 3.31. The van der Waals surface area contributed by atoms with E-state index in [-0.39, 0.29) is 0 Å². The third-order valence-electron chi connectivity index (χ3n) is 2.63. The number of methoxy groups -OCH3 is 2. The number of nitrogens with zero attached hydrogens (tertiary/aromatic N) is 1. The summed E-state index contributed by atoms with van der Waals surface area (Å²) < 4.78 is 11.3. The first-order valence-electron chi connectivity index (χ1n) is 5.33. The molecule has 1 unspecified atom stereocenters. The van der Waals surface area contributed by atoms with E-state index in [1.807, 2.05) is 18.2 Å². The van der Waals surface area contributed by atoms with Gasteiger partial charge in [-0.3, -0.25) is 0 Å². The lowest BCUT2D eigenvalue weighted by molar-refractivity contribution is 0.396. The number of aromatic amines is 1. The molecule has 1 heterocycles. The van der Waals surface area contributed by atoms with Crippen LogP contribution in [0.3, 0.4) is 0 Å². The van der Waals surface area contributed by atoms with Crippen LogP contribution in [0.1, 0.15) is 17.4 Å². The van der Waals surface area contributed by atoms with Gasteiger partial charge in [-0.25, -0.2) is 4.98 Å². The number of ether oxygens (including phenoxy) is 2. The lowest BCUT2D eigenvalue weighted by atomic mass is 10.1. The van der Waals surface area contributed by atoms with Crippen LogP contribution in [0.25, 0.3) is 0 Å². The van der Waals surface area contributed by atoms with Crippen molar-refractivity contribution in [3.63, 3.8) is 0 Å². The van der Waals surface area contributed by atoms with Gasteiger partial charge in [-0.2, -0.15) is 0 Å². The Morgan fingerprint density at radius 1 is 1.33 bits per heavy atom. The second-order valence-corrected chi connectivity index (χ2v) is 4.56. The lowest BCUT2D eigenvalue weighted by Crippen LogP contribution is -2.14. The van der Waals surface area contributed by atoms with Crippen LogP contribution in [0.15, 0.2) is 29.0 Å². The first kappa shape index (κ1) is 12.9. The van der Waals surface area contributed by atoms with E-state index in [1.165, 1.54) is 0 Å². The minimum absolute atomic E-state index is 0.402. The van der Waals surface area contributed by atoms with Gasteiger partial charge in [0.05, 0.1) is 26.5 Å². The molecule has 96 valence electrons. The Bertz CT molecular complexity index is 542. The van der Waals surface area contributed by atoms with Crippen molar-refractivity contribution < 1.29 is 9.47 Å². The minimum Gasteiger partial charge on any atom is -0.497 e. The quantitative estimate of drug-likeness (QED) is 0.908. The van der Waals surface area contributed by atoms with Crippen molar-refractivity contribution in [2.24, 2.45) is 5.73 Å². The molecule has 0 amide bonds. The van der Waals surface area contributed by atoms with E-state index in [1.54, 1.807) is 20.4 Å². The summed E-state index contributed by atoms with van der Waals surface area (Å²) in [7, 11) is 3.22. The Kier molecular flexibility index (Phi) is 3.88. The maximum atomic E-state index is 6.18. The normalized spacial score (nSPS) is 12.2. The molecule has 0 saturated carbocycles. The number of nitrogens with one attached hydrogen (secondary N) is 1. The standard InChI is InChI=1S/C12H14BrN3O2/c1-17-7-3-4-9(18-2)8(5-7)11(14)12-15-6-10(13)16-12/h3-6,11H,14H2,1-2H3,(H,15,16). The number of hydrogen-bond donors (Lipinski definition) is 2. The Morgan fingerprint density at radius 3 is 2.67 bits per heavy atom. The number of aromatic nitrogens is 2. The van der Waals surface area contributed by atoms with Crippen LogP contribution in [-0.2, 0) is 0 Å². The Balaban J connectivity index is 2.41. The van der Waals surface area contributed by atoms with Gasteiger partial charge in [0.25, 0.3) is 0 Å². The highest BCUT2D eigenvalue weighted by atomic mass is 79.9. The average Bonchev–Trinajstić information content (AvgIpc) is 2.83. The molecule has 0 radical (unpaired) electrons. The summed E-state index contributed by atoms with van der Waals surface area (Å²) in [5.74, 6) is 2.09. The zero-order valence-electron chi connectivity index (χ0n) is 10.1. The van der Waals surface area contributed by atoms with E-state index in [9.17, 15) is 0 Å². The summed E-state index contributed by atoms with van der Waals surface area (Å²) in [5.41, 5.74) is 7.00. The fraction of sp³-hybridized carbons (Fsp3) is 0.250. The summed E-state index contributed by atoms with van der Waals surface area (Å²) in [4.78, 5) is 7.25. The molecular formula is C12H14BrN3O2. The van der Waals surface area contributed by atoms with Crippen LogP contribution in [0.4, 0.5) is 0 Å². The Labute approximate surface area is 113 Å². The van der Waals surface area contributed by atoms with Crippen LogP contribution >= 0.6 is 15.9 Å². The fourth-order valence-electron chi connectivity index (χ4n) is 1.70. The number of rotatable bonds is 4. The summed E-state index contributed by atoms with van der Waals surface area (Å²) in [5, 5.41) is 0. The molecule has 1 aromatic heterocycles. The van der Waals surface area contributed by atoms with Gasteiger partial charge in [-0.1, -0.05) is 0 Å². The van der Waals surface area contributed by atoms with Crippen LogP contribution in [0.2, 0.25) is 0 Å². The van der Waals surface area contributed by atoms with Crippen molar-refractivity contribution in [3.8, 4) is 11.5 Å². The van der Waals surface area contributed by atoms with E-state index in [0.717, 1.165) is 15.9 Å². The second kappa shape index (κ2) is 5.41. The zero-order chi connectivity index (χ0) is 13.1. The monoisotopic (exact) mass is 311 g/mol. The number of nitrogens with two attached hydrogens (primary N) is 1. The first-order valence-corrected chi connectivity index (χ1v) is 6.13.